The molecule has 0 heterocycles. The highest BCUT2D eigenvalue weighted by atomic mass is 79.9. The number of rotatable bonds is 2. The van der Waals surface area contributed by atoms with Crippen LogP contribution in [0.1, 0.15) is 17.9 Å². The van der Waals surface area contributed by atoms with Crippen LogP contribution in [-0.4, -0.2) is 11.1 Å². The second-order valence-electron chi connectivity index (χ2n) is 3.45. The van der Waals surface area contributed by atoms with Crippen molar-refractivity contribution >= 4 is 33.5 Å². The van der Waals surface area contributed by atoms with E-state index in [9.17, 15) is 4.79 Å². The van der Waals surface area contributed by atoms with Crippen molar-refractivity contribution in [3.8, 4) is 0 Å². The molecule has 0 saturated heterocycles. The SMILES string of the molecule is O=C(O)[C@@H]1C[C@H]1c1ccc(Cl)cc1Br. The maximum Gasteiger partial charge on any atom is 0.307 e. The molecule has 1 aromatic carbocycles. The molecule has 0 aromatic heterocycles. The lowest BCUT2D eigenvalue weighted by molar-refractivity contribution is -0.138. The number of carboxylic acids is 1. The standard InChI is InChI=1S/C10H8BrClO2/c11-9-3-5(12)1-2-6(9)7-4-8(7)10(13)14/h1-3,7-8H,4H2,(H,13,14)/t7-,8+/m0/s1. The molecule has 0 aliphatic heterocycles. The lowest BCUT2D eigenvalue weighted by atomic mass is 10.1. The molecule has 0 amide bonds. The largest absolute Gasteiger partial charge is 0.481 e. The molecular formula is C10H8BrClO2. The number of carbonyl (C=O) groups is 1. The van der Waals surface area contributed by atoms with E-state index in [1.807, 2.05) is 6.07 Å². The Bertz CT molecular complexity index is 392. The molecular weight excluding hydrogens is 267 g/mol. The summed E-state index contributed by atoms with van der Waals surface area (Å²) in [5.74, 6) is -0.775. The van der Waals surface area contributed by atoms with E-state index in [0.29, 0.717) is 5.02 Å². The minimum Gasteiger partial charge on any atom is -0.481 e. The molecule has 2 atom stereocenters. The maximum atomic E-state index is 10.7. The van der Waals surface area contributed by atoms with Crippen LogP contribution in [0.3, 0.4) is 0 Å². The number of hydrogen-bond acceptors (Lipinski definition) is 1. The van der Waals surface area contributed by atoms with E-state index >= 15 is 0 Å². The summed E-state index contributed by atoms with van der Waals surface area (Å²) >= 11 is 9.18. The summed E-state index contributed by atoms with van der Waals surface area (Å²) in [5, 5.41) is 9.45. The predicted molar refractivity (Wildman–Crippen MR) is 57.6 cm³/mol. The van der Waals surface area contributed by atoms with Gasteiger partial charge < -0.3 is 5.11 Å². The Labute approximate surface area is 95.0 Å². The number of benzene rings is 1. The summed E-state index contributed by atoms with van der Waals surface area (Å²) in [7, 11) is 0. The zero-order valence-electron chi connectivity index (χ0n) is 7.21. The van der Waals surface area contributed by atoms with Crippen molar-refractivity contribution in [3.05, 3.63) is 33.3 Å². The zero-order valence-corrected chi connectivity index (χ0v) is 9.55. The lowest BCUT2D eigenvalue weighted by Crippen LogP contribution is -1.99. The van der Waals surface area contributed by atoms with Gasteiger partial charge in [-0.1, -0.05) is 33.6 Å². The van der Waals surface area contributed by atoms with Crippen LogP contribution < -0.4 is 0 Å². The molecule has 0 radical (unpaired) electrons. The van der Waals surface area contributed by atoms with Crippen LogP contribution in [0.4, 0.5) is 0 Å². The molecule has 14 heavy (non-hydrogen) atoms. The second kappa shape index (κ2) is 3.55. The van der Waals surface area contributed by atoms with Crippen LogP contribution in [0, 0.1) is 5.92 Å². The van der Waals surface area contributed by atoms with E-state index in [2.05, 4.69) is 15.9 Å². The third-order valence-corrected chi connectivity index (χ3v) is 3.39. The molecule has 1 aliphatic rings. The number of hydrogen-bond donors (Lipinski definition) is 1. The van der Waals surface area contributed by atoms with Crippen LogP contribution >= 0.6 is 27.5 Å². The molecule has 1 fully saturated rings. The Kier molecular flexibility index (Phi) is 2.54. The molecule has 2 nitrogen and oxygen atoms in total. The summed E-state index contributed by atoms with van der Waals surface area (Å²) < 4.78 is 0.902. The van der Waals surface area contributed by atoms with E-state index in [4.69, 9.17) is 16.7 Å². The van der Waals surface area contributed by atoms with Gasteiger partial charge in [-0.25, -0.2) is 0 Å². The Balaban J connectivity index is 2.23. The van der Waals surface area contributed by atoms with Gasteiger partial charge in [0.1, 0.15) is 0 Å². The normalized spacial score (nSPS) is 24.7. The molecule has 0 spiro atoms. The van der Waals surface area contributed by atoms with Crippen LogP contribution in [0.5, 0.6) is 0 Å². The van der Waals surface area contributed by atoms with E-state index in [0.717, 1.165) is 16.5 Å². The van der Waals surface area contributed by atoms with Gasteiger partial charge in [-0.2, -0.15) is 0 Å². The van der Waals surface area contributed by atoms with Gasteiger partial charge in [0.2, 0.25) is 0 Å². The molecule has 1 aliphatic carbocycles. The molecule has 0 unspecified atom stereocenters. The Hall–Kier alpha value is -0.540. The minimum absolute atomic E-state index is 0.152. The quantitative estimate of drug-likeness (QED) is 0.899. The summed E-state index contributed by atoms with van der Waals surface area (Å²) in [5.41, 5.74) is 1.04. The van der Waals surface area contributed by atoms with Gasteiger partial charge in [-0.15, -0.1) is 0 Å². The fourth-order valence-electron chi connectivity index (χ4n) is 1.61. The number of halogens is 2. The Morgan fingerprint density at radius 2 is 2.29 bits per heavy atom. The number of carboxylic acid groups (broad SMARTS) is 1. The third-order valence-electron chi connectivity index (χ3n) is 2.47. The molecule has 1 aromatic rings. The van der Waals surface area contributed by atoms with Crippen molar-refractivity contribution in [3.63, 3.8) is 0 Å². The van der Waals surface area contributed by atoms with Gasteiger partial charge in [0, 0.05) is 9.50 Å². The number of aliphatic carboxylic acids is 1. The van der Waals surface area contributed by atoms with E-state index in [1.165, 1.54) is 0 Å². The van der Waals surface area contributed by atoms with E-state index in [1.54, 1.807) is 12.1 Å². The van der Waals surface area contributed by atoms with Gasteiger partial charge in [0.25, 0.3) is 0 Å². The predicted octanol–water partition coefficient (Wildman–Crippen LogP) is 3.29. The van der Waals surface area contributed by atoms with Crippen LogP contribution in [0.15, 0.2) is 22.7 Å². The molecule has 74 valence electrons. The second-order valence-corrected chi connectivity index (χ2v) is 4.74. The van der Waals surface area contributed by atoms with Gasteiger partial charge in [-0.05, 0) is 30.0 Å². The van der Waals surface area contributed by atoms with Crippen LogP contribution in [0.25, 0.3) is 0 Å². The van der Waals surface area contributed by atoms with Crippen LogP contribution in [0.2, 0.25) is 5.02 Å². The van der Waals surface area contributed by atoms with E-state index in [-0.39, 0.29) is 11.8 Å². The zero-order chi connectivity index (χ0) is 10.3. The highest BCUT2D eigenvalue weighted by molar-refractivity contribution is 9.10. The van der Waals surface area contributed by atoms with Gasteiger partial charge in [0.15, 0.2) is 0 Å². The van der Waals surface area contributed by atoms with Crippen molar-refractivity contribution in [2.75, 3.05) is 0 Å². The van der Waals surface area contributed by atoms with Crippen molar-refractivity contribution in [2.45, 2.75) is 12.3 Å². The molecule has 0 bridgehead atoms. The maximum absolute atomic E-state index is 10.7. The highest BCUT2D eigenvalue weighted by Gasteiger charge is 2.44. The lowest BCUT2D eigenvalue weighted by Gasteiger charge is -2.02. The molecule has 1 saturated carbocycles. The highest BCUT2D eigenvalue weighted by Crippen LogP contribution is 2.49. The summed E-state index contributed by atoms with van der Waals surface area (Å²) in [6.45, 7) is 0. The minimum atomic E-state index is -0.711. The molecule has 2 rings (SSSR count). The first-order chi connectivity index (χ1) is 6.59. The summed E-state index contributed by atoms with van der Waals surface area (Å²) in [6, 6.07) is 5.48. The Morgan fingerprint density at radius 3 is 2.79 bits per heavy atom. The van der Waals surface area contributed by atoms with Gasteiger partial charge in [0.05, 0.1) is 5.92 Å². The Morgan fingerprint density at radius 1 is 1.57 bits per heavy atom. The monoisotopic (exact) mass is 274 g/mol. The topological polar surface area (TPSA) is 37.3 Å². The van der Waals surface area contributed by atoms with Crippen molar-refractivity contribution in [2.24, 2.45) is 5.92 Å². The first kappa shape index (κ1) is 9.99. The third kappa shape index (κ3) is 1.79. The average Bonchev–Trinajstić information content (AvgIpc) is 2.83. The van der Waals surface area contributed by atoms with Gasteiger partial charge >= 0.3 is 5.97 Å². The first-order valence-corrected chi connectivity index (χ1v) is 5.44. The van der Waals surface area contributed by atoms with Crippen molar-refractivity contribution < 1.29 is 9.90 Å². The molecule has 4 heteroatoms. The fraction of sp³-hybridized carbons (Fsp3) is 0.300. The van der Waals surface area contributed by atoms with Crippen molar-refractivity contribution in [1.82, 2.24) is 0 Å². The average molecular weight is 276 g/mol. The smallest absolute Gasteiger partial charge is 0.307 e. The summed E-state index contributed by atoms with van der Waals surface area (Å²) in [6.07, 6.45) is 0.732. The fourth-order valence-corrected chi connectivity index (χ4v) is 2.59. The van der Waals surface area contributed by atoms with Crippen molar-refractivity contribution in [1.29, 1.82) is 0 Å². The van der Waals surface area contributed by atoms with Crippen LogP contribution in [-0.2, 0) is 4.79 Å². The molecule has 1 N–H and O–H groups in total. The summed E-state index contributed by atoms with van der Waals surface area (Å²) in [4.78, 5) is 10.7. The van der Waals surface area contributed by atoms with Gasteiger partial charge in [-0.3, -0.25) is 4.79 Å². The van der Waals surface area contributed by atoms with E-state index < -0.39 is 5.97 Å². The first-order valence-electron chi connectivity index (χ1n) is 4.27.